The van der Waals surface area contributed by atoms with Gasteiger partial charge < -0.3 is 0 Å². The minimum absolute atomic E-state index is 0.0120. The van der Waals surface area contributed by atoms with Crippen LogP contribution in [0.5, 0.6) is 0 Å². The van der Waals surface area contributed by atoms with Crippen molar-refractivity contribution >= 4 is 46.4 Å². The van der Waals surface area contributed by atoms with E-state index in [1.165, 1.54) is 6.07 Å². The van der Waals surface area contributed by atoms with E-state index >= 15 is 0 Å². The van der Waals surface area contributed by atoms with Crippen LogP contribution in [0.1, 0.15) is 21.7 Å². The predicted octanol–water partition coefficient (Wildman–Crippen LogP) is 2.33. The summed E-state index contributed by atoms with van der Waals surface area (Å²) in [6.07, 6.45) is 0. The number of aryl methyl sites for hydroxylation is 2. The molecule has 0 aliphatic carbocycles. The Bertz CT molecular complexity index is 695. The van der Waals surface area contributed by atoms with Crippen molar-refractivity contribution in [2.75, 3.05) is 0 Å². The van der Waals surface area contributed by atoms with E-state index in [4.69, 9.17) is 23.2 Å². The molecule has 0 aromatic carbocycles. The fourth-order valence-corrected chi connectivity index (χ4v) is 3.16. The minimum Gasteiger partial charge on any atom is -0.271 e. The summed E-state index contributed by atoms with van der Waals surface area (Å²) >= 11 is 12.7. The Hall–Kier alpha value is -1.57. The fourth-order valence-electron chi connectivity index (χ4n) is 1.70. The molecule has 0 fully saturated rings. The van der Waals surface area contributed by atoms with Gasteiger partial charge in [0.1, 0.15) is 10.9 Å². The number of thiophene rings is 1. The molecule has 6 nitrogen and oxygen atoms in total. The van der Waals surface area contributed by atoms with Gasteiger partial charge in [-0.3, -0.25) is 25.1 Å². The van der Waals surface area contributed by atoms with Gasteiger partial charge in [0.25, 0.3) is 11.8 Å². The molecule has 2 amide bonds. The van der Waals surface area contributed by atoms with Crippen molar-refractivity contribution in [3.63, 3.8) is 0 Å². The van der Waals surface area contributed by atoms with E-state index in [2.05, 4.69) is 16.0 Å². The highest BCUT2D eigenvalue weighted by molar-refractivity contribution is 7.20. The molecule has 0 unspecified atom stereocenters. The number of rotatable bonds is 3. The number of carbonyl (C=O) groups excluding carboxylic acids is 2. The SMILES string of the molecule is Cc1cc(C)n(CC(=O)NNC(=O)c2cc(Cl)sc2Cl)n1. The lowest BCUT2D eigenvalue weighted by atomic mass is 10.3. The number of carbonyl (C=O) groups is 2. The van der Waals surface area contributed by atoms with Gasteiger partial charge in [0, 0.05) is 5.69 Å². The molecule has 9 heteroatoms. The molecule has 0 bridgehead atoms. The summed E-state index contributed by atoms with van der Waals surface area (Å²) in [6.45, 7) is 3.70. The van der Waals surface area contributed by atoms with Crippen LogP contribution in [0.2, 0.25) is 8.67 Å². The number of amides is 2. The zero-order chi connectivity index (χ0) is 15.6. The van der Waals surface area contributed by atoms with E-state index in [9.17, 15) is 9.59 Å². The first-order chi connectivity index (χ1) is 9.86. The number of hydrogen-bond acceptors (Lipinski definition) is 4. The number of hydrazine groups is 1. The summed E-state index contributed by atoms with van der Waals surface area (Å²) in [5.41, 5.74) is 6.50. The predicted molar refractivity (Wildman–Crippen MR) is 81.6 cm³/mol. The molecular weight excluding hydrogens is 335 g/mol. The third kappa shape index (κ3) is 3.96. The molecule has 2 aromatic rings. The summed E-state index contributed by atoms with van der Waals surface area (Å²) < 4.78 is 2.22. The van der Waals surface area contributed by atoms with Gasteiger partial charge in [-0.1, -0.05) is 23.2 Å². The summed E-state index contributed by atoms with van der Waals surface area (Å²) in [5.74, 6) is -0.920. The molecule has 0 aliphatic heterocycles. The quantitative estimate of drug-likeness (QED) is 0.837. The largest absolute Gasteiger partial charge is 0.272 e. The highest BCUT2D eigenvalue weighted by Crippen LogP contribution is 2.30. The van der Waals surface area contributed by atoms with Crippen molar-refractivity contribution in [2.24, 2.45) is 0 Å². The van der Waals surface area contributed by atoms with Gasteiger partial charge >= 0.3 is 0 Å². The second-order valence-electron chi connectivity index (χ2n) is 4.32. The standard InChI is InChI=1S/C12H12Cl2N4O2S/c1-6-3-7(2)18(17-6)5-10(19)15-16-12(20)8-4-9(13)21-11(8)14/h3-4H,5H2,1-2H3,(H,15,19)(H,16,20). The molecule has 0 spiro atoms. The third-order valence-electron chi connectivity index (χ3n) is 2.61. The van der Waals surface area contributed by atoms with E-state index in [-0.39, 0.29) is 16.4 Å². The normalized spacial score (nSPS) is 10.5. The van der Waals surface area contributed by atoms with E-state index in [0.29, 0.717) is 4.34 Å². The lowest BCUT2D eigenvalue weighted by molar-refractivity contribution is -0.122. The van der Waals surface area contributed by atoms with Gasteiger partial charge in [0.15, 0.2) is 0 Å². The number of hydrogen-bond donors (Lipinski definition) is 2. The van der Waals surface area contributed by atoms with Crippen LogP contribution in [0.4, 0.5) is 0 Å². The third-order valence-corrected chi connectivity index (χ3v) is 4.10. The molecule has 0 saturated heterocycles. The summed E-state index contributed by atoms with van der Waals surface area (Å²) in [6, 6.07) is 3.30. The second kappa shape index (κ2) is 6.46. The highest BCUT2D eigenvalue weighted by atomic mass is 35.5. The lowest BCUT2D eigenvalue weighted by Gasteiger charge is -2.07. The Morgan fingerprint density at radius 1 is 1.29 bits per heavy atom. The molecule has 0 atom stereocenters. The van der Waals surface area contributed by atoms with E-state index < -0.39 is 11.8 Å². The number of nitrogens with one attached hydrogen (secondary N) is 2. The Morgan fingerprint density at radius 2 is 2.00 bits per heavy atom. The van der Waals surface area contributed by atoms with Crippen molar-refractivity contribution in [1.82, 2.24) is 20.6 Å². The maximum Gasteiger partial charge on any atom is 0.272 e. The smallest absolute Gasteiger partial charge is 0.271 e. The van der Waals surface area contributed by atoms with Crippen molar-refractivity contribution in [2.45, 2.75) is 20.4 Å². The zero-order valence-corrected chi connectivity index (χ0v) is 13.6. The van der Waals surface area contributed by atoms with Crippen LogP contribution in [-0.2, 0) is 11.3 Å². The molecule has 2 rings (SSSR count). The van der Waals surface area contributed by atoms with Crippen molar-refractivity contribution in [1.29, 1.82) is 0 Å². The van der Waals surface area contributed by atoms with Crippen LogP contribution in [0.3, 0.4) is 0 Å². The van der Waals surface area contributed by atoms with Crippen molar-refractivity contribution in [3.8, 4) is 0 Å². The molecule has 21 heavy (non-hydrogen) atoms. The molecule has 2 N–H and O–H groups in total. The fraction of sp³-hybridized carbons (Fsp3) is 0.250. The Labute approximate surface area is 135 Å². The average Bonchev–Trinajstić information content (AvgIpc) is 2.89. The van der Waals surface area contributed by atoms with Gasteiger partial charge in [-0.25, -0.2) is 0 Å². The topological polar surface area (TPSA) is 76.0 Å². The number of aromatic nitrogens is 2. The number of halogens is 2. The van der Waals surface area contributed by atoms with Crippen LogP contribution in [-0.4, -0.2) is 21.6 Å². The minimum atomic E-state index is -0.523. The van der Waals surface area contributed by atoms with Crippen LogP contribution in [0.15, 0.2) is 12.1 Å². The monoisotopic (exact) mass is 346 g/mol. The van der Waals surface area contributed by atoms with Crippen molar-refractivity contribution in [3.05, 3.63) is 37.8 Å². The Kier molecular flexibility index (Phi) is 4.87. The van der Waals surface area contributed by atoms with Gasteiger partial charge in [-0.15, -0.1) is 11.3 Å². The first kappa shape index (κ1) is 15.8. The highest BCUT2D eigenvalue weighted by Gasteiger charge is 2.15. The molecule has 112 valence electrons. The molecular formula is C12H12Cl2N4O2S. The maximum absolute atomic E-state index is 11.8. The van der Waals surface area contributed by atoms with E-state index in [1.54, 1.807) is 4.68 Å². The van der Waals surface area contributed by atoms with E-state index in [1.807, 2.05) is 19.9 Å². The second-order valence-corrected chi connectivity index (χ2v) is 6.61. The lowest BCUT2D eigenvalue weighted by Crippen LogP contribution is -2.43. The van der Waals surface area contributed by atoms with Crippen LogP contribution < -0.4 is 10.9 Å². The van der Waals surface area contributed by atoms with Crippen molar-refractivity contribution < 1.29 is 9.59 Å². The molecule has 0 aliphatic rings. The van der Waals surface area contributed by atoms with Gasteiger partial charge in [0.2, 0.25) is 0 Å². The van der Waals surface area contributed by atoms with Crippen LogP contribution in [0, 0.1) is 13.8 Å². The Balaban J connectivity index is 1.91. The maximum atomic E-state index is 11.8. The summed E-state index contributed by atoms with van der Waals surface area (Å²) in [5, 5.41) is 4.16. The molecule has 0 saturated carbocycles. The summed E-state index contributed by atoms with van der Waals surface area (Å²) in [4.78, 5) is 23.6. The van der Waals surface area contributed by atoms with Gasteiger partial charge in [-0.2, -0.15) is 5.10 Å². The Morgan fingerprint density at radius 3 is 2.52 bits per heavy atom. The molecule has 0 radical (unpaired) electrons. The first-order valence-corrected chi connectivity index (χ1v) is 7.49. The average molecular weight is 347 g/mol. The number of nitrogens with zero attached hydrogens (tertiary/aromatic N) is 2. The molecule has 2 heterocycles. The summed E-state index contributed by atoms with van der Waals surface area (Å²) in [7, 11) is 0. The first-order valence-electron chi connectivity index (χ1n) is 5.92. The van der Waals surface area contributed by atoms with Crippen LogP contribution >= 0.6 is 34.5 Å². The van der Waals surface area contributed by atoms with Gasteiger partial charge in [-0.05, 0) is 26.0 Å². The van der Waals surface area contributed by atoms with Gasteiger partial charge in [0.05, 0.1) is 15.6 Å². The van der Waals surface area contributed by atoms with Crippen LogP contribution in [0.25, 0.3) is 0 Å². The van der Waals surface area contributed by atoms with E-state index in [0.717, 1.165) is 22.7 Å². The zero-order valence-electron chi connectivity index (χ0n) is 11.2. The molecule has 2 aromatic heterocycles.